The summed E-state index contributed by atoms with van der Waals surface area (Å²) in [6, 6.07) is 1.97. The molecule has 1 fully saturated rings. The van der Waals surface area contributed by atoms with Gasteiger partial charge >= 0.3 is 0 Å². The normalized spacial score (nSPS) is 16.6. The Morgan fingerprint density at radius 3 is 2.75 bits per heavy atom. The van der Waals surface area contributed by atoms with E-state index in [4.69, 9.17) is 4.52 Å². The van der Waals surface area contributed by atoms with Gasteiger partial charge in [-0.1, -0.05) is 12.1 Å². The quantitative estimate of drug-likeness (QED) is 0.774. The first-order valence-electron chi connectivity index (χ1n) is 7.32. The van der Waals surface area contributed by atoms with E-state index in [-0.39, 0.29) is 5.91 Å². The lowest BCUT2D eigenvalue weighted by molar-refractivity contribution is -0.132. The molecule has 0 atom stereocenters. The number of nitrogens with one attached hydrogen (secondary N) is 1. The second-order valence-corrected chi connectivity index (χ2v) is 5.20. The third-order valence-electron chi connectivity index (χ3n) is 3.55. The van der Waals surface area contributed by atoms with Crippen LogP contribution in [0.1, 0.15) is 24.8 Å². The second-order valence-electron chi connectivity index (χ2n) is 5.20. The Hall–Kier alpha value is -1.40. The first-order valence-corrected chi connectivity index (χ1v) is 7.32. The largest absolute Gasteiger partial charge is 0.360 e. The van der Waals surface area contributed by atoms with Crippen LogP contribution in [0.15, 0.2) is 10.6 Å². The number of hydrogen-bond acceptors (Lipinski definition) is 5. The summed E-state index contributed by atoms with van der Waals surface area (Å²) in [6.45, 7) is 9.84. The maximum atomic E-state index is 12.0. The molecule has 0 spiro atoms. The van der Waals surface area contributed by atoms with Crippen molar-refractivity contribution in [3.05, 3.63) is 17.5 Å². The summed E-state index contributed by atoms with van der Waals surface area (Å²) >= 11 is 0. The molecule has 6 heteroatoms. The monoisotopic (exact) mass is 280 g/mol. The van der Waals surface area contributed by atoms with Gasteiger partial charge in [0.15, 0.2) is 5.76 Å². The molecule has 1 saturated heterocycles. The van der Waals surface area contributed by atoms with E-state index in [1.165, 1.54) is 0 Å². The fraction of sp³-hybridized carbons (Fsp3) is 0.714. The molecule has 1 aliphatic rings. The highest BCUT2D eigenvalue weighted by Crippen LogP contribution is 2.10. The van der Waals surface area contributed by atoms with Crippen molar-refractivity contribution in [2.75, 3.05) is 39.3 Å². The molecule has 112 valence electrons. The lowest BCUT2D eigenvalue weighted by Gasteiger charge is -2.34. The van der Waals surface area contributed by atoms with Gasteiger partial charge in [0.2, 0.25) is 5.91 Å². The van der Waals surface area contributed by atoms with Gasteiger partial charge in [-0.25, -0.2) is 0 Å². The first-order chi connectivity index (χ1) is 9.69. The summed E-state index contributed by atoms with van der Waals surface area (Å²) in [7, 11) is 0. The summed E-state index contributed by atoms with van der Waals surface area (Å²) in [4.78, 5) is 16.2. The fourth-order valence-corrected chi connectivity index (χ4v) is 2.40. The Morgan fingerprint density at radius 2 is 2.15 bits per heavy atom. The van der Waals surface area contributed by atoms with Crippen molar-refractivity contribution in [1.82, 2.24) is 20.3 Å². The van der Waals surface area contributed by atoms with E-state index in [0.29, 0.717) is 6.42 Å². The maximum Gasteiger partial charge on any atom is 0.223 e. The molecule has 0 aromatic carbocycles. The zero-order valence-electron chi connectivity index (χ0n) is 12.4. The minimum atomic E-state index is 0.251. The molecule has 1 aromatic rings. The lowest BCUT2D eigenvalue weighted by Crippen LogP contribution is -2.48. The molecule has 2 rings (SSSR count). The number of hydrogen-bond donors (Lipinski definition) is 1. The number of rotatable bonds is 6. The SMILES string of the molecule is CCNCCC(=O)N1CCN(Cc2cc(C)no2)CC1. The molecule has 1 N–H and O–H groups in total. The molecule has 6 nitrogen and oxygen atoms in total. The van der Waals surface area contributed by atoms with Crippen LogP contribution in [0, 0.1) is 6.92 Å². The van der Waals surface area contributed by atoms with Crippen LogP contribution in [-0.4, -0.2) is 60.1 Å². The summed E-state index contributed by atoms with van der Waals surface area (Å²) in [6.07, 6.45) is 0.592. The zero-order valence-corrected chi connectivity index (χ0v) is 12.4. The van der Waals surface area contributed by atoms with Crippen molar-refractivity contribution in [3.8, 4) is 0 Å². The molecular formula is C14H24N4O2. The van der Waals surface area contributed by atoms with Gasteiger partial charge in [0.1, 0.15) is 0 Å². The van der Waals surface area contributed by atoms with Crippen LogP contribution < -0.4 is 5.32 Å². The summed E-state index contributed by atoms with van der Waals surface area (Å²) in [5.74, 6) is 1.15. The smallest absolute Gasteiger partial charge is 0.223 e. The van der Waals surface area contributed by atoms with E-state index in [1.807, 2.05) is 17.9 Å². The van der Waals surface area contributed by atoms with Crippen LogP contribution in [0.3, 0.4) is 0 Å². The first kappa shape index (κ1) is 15.0. The highest BCUT2D eigenvalue weighted by atomic mass is 16.5. The van der Waals surface area contributed by atoms with Crippen molar-refractivity contribution in [2.24, 2.45) is 0 Å². The van der Waals surface area contributed by atoms with Gasteiger partial charge in [-0.15, -0.1) is 0 Å². The molecule has 20 heavy (non-hydrogen) atoms. The molecule has 1 aliphatic heterocycles. The Labute approximate surface area is 120 Å². The topological polar surface area (TPSA) is 61.6 Å². The van der Waals surface area contributed by atoms with E-state index in [9.17, 15) is 4.79 Å². The minimum absolute atomic E-state index is 0.251. The standard InChI is InChI=1S/C14H24N4O2/c1-3-15-5-4-14(19)18-8-6-17(7-9-18)11-13-10-12(2)16-20-13/h10,15H,3-9,11H2,1-2H3. The lowest BCUT2D eigenvalue weighted by atomic mass is 10.2. The number of carbonyl (C=O) groups excluding carboxylic acids is 1. The van der Waals surface area contributed by atoms with Gasteiger partial charge < -0.3 is 14.7 Å². The summed E-state index contributed by atoms with van der Waals surface area (Å²) < 4.78 is 5.23. The van der Waals surface area contributed by atoms with Crippen molar-refractivity contribution in [2.45, 2.75) is 26.8 Å². The van der Waals surface area contributed by atoms with Gasteiger partial charge in [0.05, 0.1) is 12.2 Å². The van der Waals surface area contributed by atoms with Crippen LogP contribution >= 0.6 is 0 Å². The van der Waals surface area contributed by atoms with Gasteiger partial charge in [-0.05, 0) is 13.5 Å². The van der Waals surface area contributed by atoms with E-state index in [1.54, 1.807) is 0 Å². The van der Waals surface area contributed by atoms with Gasteiger partial charge in [0.25, 0.3) is 0 Å². The number of piperazine rings is 1. The molecule has 2 heterocycles. The Kier molecular flexibility index (Phi) is 5.55. The van der Waals surface area contributed by atoms with Crippen LogP contribution in [0.4, 0.5) is 0 Å². The molecule has 0 aliphatic carbocycles. The van der Waals surface area contributed by atoms with Gasteiger partial charge in [-0.3, -0.25) is 9.69 Å². The number of nitrogens with zero attached hydrogens (tertiary/aromatic N) is 3. The summed E-state index contributed by atoms with van der Waals surface area (Å²) in [5, 5.41) is 7.08. The van der Waals surface area contributed by atoms with Crippen LogP contribution in [-0.2, 0) is 11.3 Å². The molecule has 0 bridgehead atoms. The van der Waals surface area contributed by atoms with Crippen molar-refractivity contribution in [1.29, 1.82) is 0 Å². The van der Waals surface area contributed by atoms with Crippen LogP contribution in [0.5, 0.6) is 0 Å². The Balaban J connectivity index is 1.70. The maximum absolute atomic E-state index is 12.0. The molecule has 0 radical (unpaired) electrons. The summed E-state index contributed by atoms with van der Waals surface area (Å²) in [5.41, 5.74) is 0.914. The second kappa shape index (κ2) is 7.40. The number of amides is 1. The number of aromatic nitrogens is 1. The predicted molar refractivity (Wildman–Crippen MR) is 76.3 cm³/mol. The van der Waals surface area contributed by atoms with Crippen molar-refractivity contribution >= 4 is 5.91 Å². The van der Waals surface area contributed by atoms with Crippen LogP contribution in [0.2, 0.25) is 0 Å². The number of carbonyl (C=O) groups is 1. The van der Waals surface area contributed by atoms with Gasteiger partial charge in [0, 0.05) is 45.2 Å². The highest BCUT2D eigenvalue weighted by Gasteiger charge is 2.21. The third-order valence-corrected chi connectivity index (χ3v) is 3.55. The average Bonchev–Trinajstić information content (AvgIpc) is 2.85. The predicted octanol–water partition coefficient (Wildman–Crippen LogP) is 0.627. The molecule has 0 saturated carbocycles. The molecule has 1 aromatic heterocycles. The fourth-order valence-electron chi connectivity index (χ4n) is 2.40. The van der Waals surface area contributed by atoms with Crippen molar-refractivity contribution < 1.29 is 9.32 Å². The zero-order chi connectivity index (χ0) is 14.4. The van der Waals surface area contributed by atoms with Crippen LogP contribution in [0.25, 0.3) is 0 Å². The highest BCUT2D eigenvalue weighted by molar-refractivity contribution is 5.76. The molecular weight excluding hydrogens is 256 g/mol. The third kappa shape index (κ3) is 4.31. The Bertz CT molecular complexity index is 425. The minimum Gasteiger partial charge on any atom is -0.360 e. The van der Waals surface area contributed by atoms with E-state index in [0.717, 1.165) is 57.3 Å². The van der Waals surface area contributed by atoms with Crippen molar-refractivity contribution in [3.63, 3.8) is 0 Å². The van der Waals surface area contributed by atoms with E-state index < -0.39 is 0 Å². The average molecular weight is 280 g/mol. The molecule has 0 unspecified atom stereocenters. The number of aryl methyl sites for hydroxylation is 1. The van der Waals surface area contributed by atoms with E-state index >= 15 is 0 Å². The molecule has 1 amide bonds. The van der Waals surface area contributed by atoms with E-state index in [2.05, 4.69) is 22.3 Å². The Morgan fingerprint density at radius 1 is 1.40 bits per heavy atom. The van der Waals surface area contributed by atoms with Gasteiger partial charge in [-0.2, -0.15) is 0 Å².